The molecule has 0 aromatic heterocycles. The summed E-state index contributed by atoms with van der Waals surface area (Å²) in [5.41, 5.74) is -1.28. The number of amides is 1. The fourth-order valence-corrected chi connectivity index (χ4v) is 1.34. The molecule has 1 rings (SSSR count). The molecule has 0 unspecified atom stereocenters. The molecule has 1 aromatic rings. The van der Waals surface area contributed by atoms with Crippen molar-refractivity contribution in [1.29, 1.82) is 5.26 Å². The molecule has 1 atom stereocenters. The Balaban J connectivity index is 2.83. The number of benzene rings is 1. The van der Waals surface area contributed by atoms with E-state index < -0.39 is 23.1 Å². The van der Waals surface area contributed by atoms with Crippen LogP contribution in [-0.2, 0) is 4.79 Å². The first kappa shape index (κ1) is 14.8. The third-order valence-corrected chi connectivity index (χ3v) is 2.75. The lowest BCUT2D eigenvalue weighted by molar-refractivity contribution is -0.117. The summed E-state index contributed by atoms with van der Waals surface area (Å²) in [7, 11) is 0. The van der Waals surface area contributed by atoms with E-state index in [1.807, 2.05) is 6.07 Å². The van der Waals surface area contributed by atoms with E-state index in [1.165, 1.54) is 6.07 Å². The van der Waals surface area contributed by atoms with Crippen molar-refractivity contribution in [1.82, 2.24) is 5.32 Å². The third kappa shape index (κ3) is 3.88. The molecule has 0 spiro atoms. The van der Waals surface area contributed by atoms with Crippen LogP contribution < -0.4 is 5.32 Å². The molecular weight excluding hydrogens is 250 g/mol. The monoisotopic (exact) mass is 264 g/mol. The van der Waals surface area contributed by atoms with Gasteiger partial charge in [0.2, 0.25) is 5.91 Å². The molecule has 0 radical (unpaired) electrons. The minimum Gasteiger partial charge on any atom is -0.334 e. The summed E-state index contributed by atoms with van der Waals surface area (Å²) in [4.78, 5) is 11.6. The second kappa shape index (κ2) is 6.10. The molecule has 0 saturated heterocycles. The van der Waals surface area contributed by atoms with Crippen LogP contribution in [0.5, 0.6) is 0 Å². The first-order valence-electron chi connectivity index (χ1n) is 5.77. The van der Waals surface area contributed by atoms with Crippen LogP contribution >= 0.6 is 0 Å². The van der Waals surface area contributed by atoms with Crippen molar-refractivity contribution >= 4 is 12.0 Å². The Morgan fingerprint density at radius 1 is 1.47 bits per heavy atom. The van der Waals surface area contributed by atoms with Crippen molar-refractivity contribution in [3.05, 3.63) is 41.5 Å². The molecule has 1 amide bonds. The predicted octanol–water partition coefficient (Wildman–Crippen LogP) is 2.79. The Kier molecular flexibility index (Phi) is 4.76. The standard InChI is InChI=1S/C14H14F2N2O/c1-3-14(2,9-17)18-13(19)8-7-10-11(15)5-4-6-12(10)16/h4-8H,3H2,1-2H3,(H,18,19)/b8-7+/t14-/m1/s1. The van der Waals surface area contributed by atoms with Crippen molar-refractivity contribution in [3.8, 4) is 6.07 Å². The van der Waals surface area contributed by atoms with E-state index in [0.717, 1.165) is 24.3 Å². The minimum absolute atomic E-state index is 0.284. The van der Waals surface area contributed by atoms with Gasteiger partial charge >= 0.3 is 0 Å². The van der Waals surface area contributed by atoms with Crippen LogP contribution in [0.4, 0.5) is 8.78 Å². The highest BCUT2D eigenvalue weighted by Gasteiger charge is 2.22. The lowest BCUT2D eigenvalue weighted by Crippen LogP contribution is -2.43. The van der Waals surface area contributed by atoms with Gasteiger partial charge in [-0.1, -0.05) is 13.0 Å². The first-order chi connectivity index (χ1) is 8.91. The summed E-state index contributed by atoms with van der Waals surface area (Å²) in [6, 6.07) is 5.41. The fraction of sp³-hybridized carbons (Fsp3) is 0.286. The molecule has 1 N–H and O–H groups in total. The molecule has 1 aromatic carbocycles. The average Bonchev–Trinajstić information content (AvgIpc) is 2.38. The second-order valence-electron chi connectivity index (χ2n) is 4.26. The van der Waals surface area contributed by atoms with Crippen LogP contribution in [0.1, 0.15) is 25.8 Å². The molecule has 0 aliphatic heterocycles. The maximum absolute atomic E-state index is 13.3. The maximum Gasteiger partial charge on any atom is 0.245 e. The summed E-state index contributed by atoms with van der Waals surface area (Å²) in [5.74, 6) is -2.07. The van der Waals surface area contributed by atoms with E-state index in [-0.39, 0.29) is 5.56 Å². The van der Waals surface area contributed by atoms with Gasteiger partial charge in [-0.25, -0.2) is 8.78 Å². The van der Waals surface area contributed by atoms with Gasteiger partial charge in [-0.05, 0) is 31.6 Å². The quantitative estimate of drug-likeness (QED) is 0.850. The van der Waals surface area contributed by atoms with Crippen LogP contribution in [0.25, 0.3) is 6.08 Å². The summed E-state index contributed by atoms with van der Waals surface area (Å²) in [6.45, 7) is 3.33. The third-order valence-electron chi connectivity index (χ3n) is 2.75. The zero-order valence-electron chi connectivity index (χ0n) is 10.7. The lowest BCUT2D eigenvalue weighted by Gasteiger charge is -2.19. The van der Waals surface area contributed by atoms with Gasteiger partial charge < -0.3 is 5.32 Å². The van der Waals surface area contributed by atoms with E-state index >= 15 is 0 Å². The van der Waals surface area contributed by atoms with Gasteiger partial charge in [0.1, 0.15) is 17.2 Å². The van der Waals surface area contributed by atoms with Crippen molar-refractivity contribution in [3.63, 3.8) is 0 Å². The van der Waals surface area contributed by atoms with E-state index in [9.17, 15) is 13.6 Å². The molecule has 0 heterocycles. The predicted molar refractivity (Wildman–Crippen MR) is 67.8 cm³/mol. The Morgan fingerprint density at radius 2 is 2.05 bits per heavy atom. The molecule has 19 heavy (non-hydrogen) atoms. The van der Waals surface area contributed by atoms with E-state index in [4.69, 9.17) is 5.26 Å². The number of nitriles is 1. The van der Waals surface area contributed by atoms with Gasteiger partial charge in [0.15, 0.2) is 0 Å². The molecule has 0 saturated carbocycles. The lowest BCUT2D eigenvalue weighted by atomic mass is 10.0. The highest BCUT2D eigenvalue weighted by Crippen LogP contribution is 2.14. The van der Waals surface area contributed by atoms with Crippen molar-refractivity contribution in [2.75, 3.05) is 0 Å². The molecule has 3 nitrogen and oxygen atoms in total. The molecule has 0 aliphatic carbocycles. The first-order valence-corrected chi connectivity index (χ1v) is 5.77. The number of hydrogen-bond donors (Lipinski definition) is 1. The maximum atomic E-state index is 13.3. The number of hydrogen-bond acceptors (Lipinski definition) is 2. The van der Waals surface area contributed by atoms with Crippen LogP contribution in [0, 0.1) is 23.0 Å². The summed E-state index contributed by atoms with van der Waals surface area (Å²) in [6.07, 6.45) is 2.48. The number of carbonyl (C=O) groups excluding carboxylic acids is 1. The molecule has 5 heteroatoms. The molecular formula is C14H14F2N2O. The minimum atomic E-state index is -0.991. The van der Waals surface area contributed by atoms with Crippen molar-refractivity contribution < 1.29 is 13.6 Å². The normalized spacial score (nSPS) is 13.8. The smallest absolute Gasteiger partial charge is 0.245 e. The number of nitrogens with one attached hydrogen (secondary N) is 1. The Labute approximate surface area is 110 Å². The van der Waals surface area contributed by atoms with Gasteiger partial charge in [-0.15, -0.1) is 0 Å². The number of nitrogens with zero attached hydrogens (tertiary/aromatic N) is 1. The fourth-order valence-electron chi connectivity index (χ4n) is 1.34. The highest BCUT2D eigenvalue weighted by molar-refractivity contribution is 5.92. The van der Waals surface area contributed by atoms with Gasteiger partial charge in [0, 0.05) is 11.6 Å². The van der Waals surface area contributed by atoms with E-state index in [1.54, 1.807) is 13.8 Å². The zero-order chi connectivity index (χ0) is 14.5. The van der Waals surface area contributed by atoms with Crippen LogP contribution in [-0.4, -0.2) is 11.4 Å². The molecule has 0 bridgehead atoms. The number of carbonyl (C=O) groups is 1. The van der Waals surface area contributed by atoms with Gasteiger partial charge in [0.05, 0.1) is 6.07 Å². The SMILES string of the molecule is CC[C@](C)(C#N)NC(=O)/C=C/c1c(F)cccc1F. The van der Waals surface area contributed by atoms with Crippen molar-refractivity contribution in [2.45, 2.75) is 25.8 Å². The Morgan fingerprint density at radius 3 is 2.53 bits per heavy atom. The summed E-state index contributed by atoms with van der Waals surface area (Å²) in [5, 5.41) is 11.4. The van der Waals surface area contributed by atoms with Gasteiger partial charge in [-0.3, -0.25) is 4.79 Å². The Hall–Kier alpha value is -2.22. The zero-order valence-corrected chi connectivity index (χ0v) is 10.7. The molecule has 0 fully saturated rings. The van der Waals surface area contributed by atoms with Crippen LogP contribution in [0.15, 0.2) is 24.3 Å². The van der Waals surface area contributed by atoms with E-state index in [2.05, 4.69) is 5.32 Å². The summed E-state index contributed by atoms with van der Waals surface area (Å²) >= 11 is 0. The molecule has 100 valence electrons. The van der Waals surface area contributed by atoms with Gasteiger partial charge in [0.25, 0.3) is 0 Å². The van der Waals surface area contributed by atoms with Gasteiger partial charge in [-0.2, -0.15) is 5.26 Å². The average molecular weight is 264 g/mol. The highest BCUT2D eigenvalue weighted by atomic mass is 19.1. The topological polar surface area (TPSA) is 52.9 Å². The number of rotatable bonds is 4. The number of halogens is 2. The van der Waals surface area contributed by atoms with Crippen molar-refractivity contribution in [2.24, 2.45) is 0 Å². The van der Waals surface area contributed by atoms with Crippen LogP contribution in [0.2, 0.25) is 0 Å². The largest absolute Gasteiger partial charge is 0.334 e. The van der Waals surface area contributed by atoms with Crippen LogP contribution in [0.3, 0.4) is 0 Å². The summed E-state index contributed by atoms with van der Waals surface area (Å²) < 4.78 is 26.6. The second-order valence-corrected chi connectivity index (χ2v) is 4.26. The van der Waals surface area contributed by atoms with E-state index in [0.29, 0.717) is 6.42 Å². The Bertz CT molecular complexity index is 529. The molecule has 0 aliphatic rings.